The van der Waals surface area contributed by atoms with Crippen molar-refractivity contribution in [1.82, 2.24) is 4.90 Å². The van der Waals surface area contributed by atoms with Crippen LogP contribution in [0.15, 0.2) is 0 Å². The first kappa shape index (κ1) is 13.8. The molecule has 0 radical (unpaired) electrons. The molecule has 1 heterocycles. The number of methoxy groups -OCH3 is 1. The molecule has 17 heavy (non-hydrogen) atoms. The molecule has 5 nitrogen and oxygen atoms in total. The Morgan fingerprint density at radius 3 is 2.35 bits per heavy atom. The molecule has 0 aliphatic carbocycles. The van der Waals surface area contributed by atoms with Gasteiger partial charge in [0.1, 0.15) is 11.1 Å². The molecule has 1 aliphatic rings. The molecule has 0 aromatic heterocycles. The lowest BCUT2D eigenvalue weighted by atomic mass is 9.99. The summed E-state index contributed by atoms with van der Waals surface area (Å²) < 4.78 is 10.1. The highest BCUT2D eigenvalue weighted by molar-refractivity contribution is 5.86. The summed E-state index contributed by atoms with van der Waals surface area (Å²) in [5.74, 6) is -0.368. The zero-order valence-corrected chi connectivity index (χ0v) is 11.2. The molecule has 1 saturated heterocycles. The van der Waals surface area contributed by atoms with E-state index in [2.05, 4.69) is 4.74 Å². The minimum Gasteiger partial charge on any atom is -0.458 e. The third kappa shape index (κ3) is 2.90. The minimum atomic E-state index is -0.902. The number of likely N-dealkylation sites (tertiary alicyclic amines) is 1. The van der Waals surface area contributed by atoms with Crippen molar-refractivity contribution in [3.8, 4) is 0 Å². The van der Waals surface area contributed by atoms with E-state index < -0.39 is 17.2 Å². The standard InChI is InChI=1S/C12H21NO4/c1-11(2,3)17-9(14)12(4)7-6-8-13(12)10(15)16-5/h6-8H2,1-5H3/t12-/m0/s1. The van der Waals surface area contributed by atoms with Crippen LogP contribution < -0.4 is 0 Å². The molecule has 0 spiro atoms. The largest absolute Gasteiger partial charge is 0.458 e. The summed E-state index contributed by atoms with van der Waals surface area (Å²) >= 11 is 0. The van der Waals surface area contributed by atoms with Crippen LogP contribution in [-0.2, 0) is 14.3 Å². The van der Waals surface area contributed by atoms with E-state index in [0.29, 0.717) is 13.0 Å². The second kappa shape index (κ2) is 4.55. The normalized spacial score (nSPS) is 24.6. The Morgan fingerprint density at radius 1 is 1.29 bits per heavy atom. The molecule has 0 aromatic rings. The summed E-state index contributed by atoms with van der Waals surface area (Å²) in [4.78, 5) is 25.2. The van der Waals surface area contributed by atoms with Crippen molar-refractivity contribution < 1.29 is 19.1 Å². The van der Waals surface area contributed by atoms with Gasteiger partial charge >= 0.3 is 12.1 Å². The van der Waals surface area contributed by atoms with Crippen LogP contribution in [0.25, 0.3) is 0 Å². The van der Waals surface area contributed by atoms with Crippen molar-refractivity contribution in [2.24, 2.45) is 0 Å². The molecule has 5 heteroatoms. The van der Waals surface area contributed by atoms with Crippen molar-refractivity contribution in [3.05, 3.63) is 0 Å². The molecule has 1 aliphatic heterocycles. The fraction of sp³-hybridized carbons (Fsp3) is 0.833. The molecule has 1 rings (SSSR count). The Kier molecular flexibility index (Phi) is 3.69. The van der Waals surface area contributed by atoms with Crippen LogP contribution in [-0.4, -0.2) is 41.8 Å². The third-order valence-corrected chi connectivity index (χ3v) is 2.87. The van der Waals surface area contributed by atoms with Gasteiger partial charge < -0.3 is 9.47 Å². The molecule has 0 aromatic carbocycles. The summed E-state index contributed by atoms with van der Waals surface area (Å²) in [6.07, 6.45) is 0.915. The highest BCUT2D eigenvalue weighted by Gasteiger charge is 2.48. The maximum atomic E-state index is 12.1. The maximum absolute atomic E-state index is 12.1. The summed E-state index contributed by atoms with van der Waals surface area (Å²) in [5.41, 5.74) is -1.45. The summed E-state index contributed by atoms with van der Waals surface area (Å²) in [6, 6.07) is 0. The van der Waals surface area contributed by atoms with Crippen LogP contribution >= 0.6 is 0 Å². The van der Waals surface area contributed by atoms with Crippen LogP contribution in [0.2, 0.25) is 0 Å². The van der Waals surface area contributed by atoms with Crippen LogP contribution in [0, 0.1) is 0 Å². The van der Waals surface area contributed by atoms with Gasteiger partial charge in [0.15, 0.2) is 0 Å². The van der Waals surface area contributed by atoms with Gasteiger partial charge in [-0.3, -0.25) is 4.90 Å². The molecular formula is C12H21NO4. The smallest absolute Gasteiger partial charge is 0.410 e. The average Bonchev–Trinajstić information content (AvgIpc) is 2.58. The number of hydrogen-bond donors (Lipinski definition) is 0. The second-order valence-electron chi connectivity index (χ2n) is 5.50. The SMILES string of the molecule is COC(=O)N1CCC[C@@]1(C)C(=O)OC(C)(C)C. The first-order chi connectivity index (χ1) is 7.70. The minimum absolute atomic E-state index is 0.368. The lowest BCUT2D eigenvalue weighted by molar-refractivity contribution is -0.166. The zero-order chi connectivity index (χ0) is 13.3. The van der Waals surface area contributed by atoms with Gasteiger partial charge in [-0.05, 0) is 40.5 Å². The number of carbonyl (C=O) groups is 2. The van der Waals surface area contributed by atoms with E-state index >= 15 is 0 Å². The molecule has 0 saturated carbocycles. The van der Waals surface area contributed by atoms with E-state index in [-0.39, 0.29) is 5.97 Å². The van der Waals surface area contributed by atoms with Crippen LogP contribution in [0.3, 0.4) is 0 Å². The first-order valence-corrected chi connectivity index (χ1v) is 5.80. The fourth-order valence-electron chi connectivity index (χ4n) is 1.97. The van der Waals surface area contributed by atoms with E-state index in [1.807, 2.05) is 20.8 Å². The lowest BCUT2D eigenvalue weighted by Gasteiger charge is -2.34. The Labute approximate surface area is 102 Å². The summed E-state index contributed by atoms with van der Waals surface area (Å²) in [5, 5.41) is 0. The molecule has 98 valence electrons. The van der Waals surface area contributed by atoms with Crippen molar-refractivity contribution in [3.63, 3.8) is 0 Å². The van der Waals surface area contributed by atoms with Gasteiger partial charge in [0.25, 0.3) is 0 Å². The second-order valence-corrected chi connectivity index (χ2v) is 5.50. The van der Waals surface area contributed by atoms with Crippen molar-refractivity contribution in [1.29, 1.82) is 0 Å². The van der Waals surface area contributed by atoms with E-state index in [4.69, 9.17) is 4.74 Å². The summed E-state index contributed by atoms with van der Waals surface area (Å²) in [6.45, 7) is 7.69. The molecule has 0 unspecified atom stereocenters. The number of hydrogen-bond acceptors (Lipinski definition) is 4. The molecular weight excluding hydrogens is 222 g/mol. The highest BCUT2D eigenvalue weighted by atomic mass is 16.6. The van der Waals surface area contributed by atoms with Gasteiger partial charge in [0.05, 0.1) is 7.11 Å². The van der Waals surface area contributed by atoms with E-state index in [0.717, 1.165) is 6.42 Å². The van der Waals surface area contributed by atoms with Crippen molar-refractivity contribution in [2.45, 2.75) is 51.7 Å². The zero-order valence-electron chi connectivity index (χ0n) is 11.2. The van der Waals surface area contributed by atoms with Crippen LogP contribution in [0.1, 0.15) is 40.5 Å². The van der Waals surface area contributed by atoms with E-state index in [1.165, 1.54) is 12.0 Å². The molecule has 1 fully saturated rings. The molecule has 0 N–H and O–H groups in total. The van der Waals surface area contributed by atoms with Gasteiger partial charge in [0, 0.05) is 6.54 Å². The predicted molar refractivity (Wildman–Crippen MR) is 62.6 cm³/mol. The molecule has 1 atom stereocenters. The van der Waals surface area contributed by atoms with Gasteiger partial charge in [0.2, 0.25) is 0 Å². The maximum Gasteiger partial charge on any atom is 0.410 e. The topological polar surface area (TPSA) is 55.8 Å². The number of esters is 1. The molecule has 1 amide bonds. The lowest BCUT2D eigenvalue weighted by Crippen LogP contribution is -2.53. The van der Waals surface area contributed by atoms with E-state index in [1.54, 1.807) is 6.92 Å². The summed E-state index contributed by atoms with van der Waals surface area (Å²) in [7, 11) is 1.32. The monoisotopic (exact) mass is 243 g/mol. The predicted octanol–water partition coefficient (Wildman–Crippen LogP) is 1.95. The Balaban J connectivity index is 2.85. The molecule has 0 bridgehead atoms. The van der Waals surface area contributed by atoms with Gasteiger partial charge in [-0.1, -0.05) is 0 Å². The van der Waals surface area contributed by atoms with Crippen molar-refractivity contribution in [2.75, 3.05) is 13.7 Å². The van der Waals surface area contributed by atoms with Gasteiger partial charge in [-0.25, -0.2) is 9.59 Å². The number of amides is 1. The Hall–Kier alpha value is -1.26. The fourth-order valence-corrected chi connectivity index (χ4v) is 1.97. The van der Waals surface area contributed by atoms with Crippen LogP contribution in [0.4, 0.5) is 4.79 Å². The van der Waals surface area contributed by atoms with Crippen molar-refractivity contribution >= 4 is 12.1 Å². The Bertz CT molecular complexity index is 321. The van der Waals surface area contributed by atoms with E-state index in [9.17, 15) is 9.59 Å². The van der Waals surface area contributed by atoms with Gasteiger partial charge in [-0.2, -0.15) is 0 Å². The van der Waals surface area contributed by atoms with Crippen LogP contribution in [0.5, 0.6) is 0 Å². The number of carbonyl (C=O) groups excluding carboxylic acids is 2. The first-order valence-electron chi connectivity index (χ1n) is 5.80. The number of ether oxygens (including phenoxy) is 2. The van der Waals surface area contributed by atoms with Gasteiger partial charge in [-0.15, -0.1) is 0 Å². The third-order valence-electron chi connectivity index (χ3n) is 2.87. The Morgan fingerprint density at radius 2 is 1.88 bits per heavy atom. The highest BCUT2D eigenvalue weighted by Crippen LogP contribution is 2.32. The number of rotatable bonds is 1. The average molecular weight is 243 g/mol. The number of nitrogens with zero attached hydrogens (tertiary/aromatic N) is 1. The quantitative estimate of drug-likeness (QED) is 0.660.